The Bertz CT molecular complexity index is 595. The van der Waals surface area contributed by atoms with Crippen molar-refractivity contribution in [2.24, 2.45) is 0 Å². The predicted octanol–water partition coefficient (Wildman–Crippen LogP) is 1.37. The Morgan fingerprint density at radius 1 is 1.50 bits per heavy atom. The lowest BCUT2D eigenvalue weighted by Crippen LogP contribution is -2.53. The van der Waals surface area contributed by atoms with E-state index in [-0.39, 0.29) is 28.8 Å². The predicted molar refractivity (Wildman–Crippen MR) is 81.9 cm³/mol. The van der Waals surface area contributed by atoms with Gasteiger partial charge in [0.05, 0.1) is 17.6 Å². The fourth-order valence-electron chi connectivity index (χ4n) is 2.26. The van der Waals surface area contributed by atoms with Gasteiger partial charge in [0, 0.05) is 6.42 Å². The molecule has 1 unspecified atom stereocenters. The lowest BCUT2D eigenvalue weighted by molar-refractivity contribution is -0.121. The molecule has 0 spiro atoms. The van der Waals surface area contributed by atoms with Crippen LogP contribution in [0, 0.1) is 0 Å². The molecule has 22 heavy (non-hydrogen) atoms. The van der Waals surface area contributed by atoms with Gasteiger partial charge >= 0.3 is 13.1 Å². The van der Waals surface area contributed by atoms with E-state index < -0.39 is 19.0 Å². The number of ether oxygens (including phenoxy) is 1. The Hall–Kier alpha value is -1.73. The van der Waals surface area contributed by atoms with Gasteiger partial charge in [0.2, 0.25) is 5.91 Å². The van der Waals surface area contributed by atoms with E-state index in [0.717, 1.165) is 0 Å². The summed E-state index contributed by atoms with van der Waals surface area (Å²) in [5, 5.41) is 12.9. The molecule has 0 fully saturated rings. The number of benzene rings is 1. The number of fused-ring (bicyclic) bond motifs is 1. The zero-order valence-corrected chi connectivity index (χ0v) is 13.1. The molecule has 0 saturated carbocycles. The number of carbonyl (C=O) groups is 2. The molecule has 6 nitrogen and oxygen atoms in total. The van der Waals surface area contributed by atoms with Crippen molar-refractivity contribution in [1.29, 1.82) is 0 Å². The highest BCUT2D eigenvalue weighted by atomic mass is 35.5. The molecule has 1 aliphatic heterocycles. The molecule has 118 valence electrons. The third-order valence-electron chi connectivity index (χ3n) is 3.36. The lowest BCUT2D eigenvalue weighted by atomic mass is 9.72. The first kappa shape index (κ1) is 16.6. The van der Waals surface area contributed by atoms with Crippen molar-refractivity contribution in [2.75, 3.05) is 6.61 Å². The summed E-state index contributed by atoms with van der Waals surface area (Å²) in [6, 6.07) is 3.28. The first-order valence-electron chi connectivity index (χ1n) is 7.10. The van der Waals surface area contributed by atoms with Crippen LogP contribution in [0.25, 0.3) is 0 Å². The number of esters is 1. The van der Waals surface area contributed by atoms with Gasteiger partial charge in [-0.2, -0.15) is 0 Å². The minimum atomic E-state index is -1.25. The molecular formula is C14H17BClNO5. The minimum absolute atomic E-state index is 0.0975. The summed E-state index contributed by atoms with van der Waals surface area (Å²) < 4.78 is 10.4. The number of nitrogens with one attached hydrogen (secondary N) is 1. The standard InChI is InChI=1S/C14H17BClNO5/c1-3-11(18)17-10-7-8-5-6-9(16)12(14(19)21-4-2)13(8)22-15(10)20/h5-6,10,20H,3-4,7H2,1-2H3,(H,17,18). The van der Waals surface area contributed by atoms with Crippen LogP contribution in [0.3, 0.4) is 0 Å². The SMILES string of the molecule is CCOC(=O)c1c(Cl)ccc2c1OB(O)C(NC(=O)CC)C2. The van der Waals surface area contributed by atoms with E-state index in [1.54, 1.807) is 26.0 Å². The second kappa shape index (κ2) is 7.02. The Morgan fingerprint density at radius 2 is 2.23 bits per heavy atom. The van der Waals surface area contributed by atoms with Gasteiger partial charge in [-0.15, -0.1) is 0 Å². The molecule has 1 aromatic rings. The molecule has 0 radical (unpaired) electrons. The van der Waals surface area contributed by atoms with Gasteiger partial charge in [-0.05, 0) is 25.0 Å². The zero-order valence-electron chi connectivity index (χ0n) is 12.4. The van der Waals surface area contributed by atoms with Crippen LogP contribution in [-0.4, -0.2) is 36.6 Å². The van der Waals surface area contributed by atoms with Crippen LogP contribution in [0.5, 0.6) is 5.75 Å². The van der Waals surface area contributed by atoms with Crippen molar-refractivity contribution in [3.8, 4) is 5.75 Å². The van der Waals surface area contributed by atoms with Gasteiger partial charge in [-0.25, -0.2) is 4.79 Å². The van der Waals surface area contributed by atoms with Crippen molar-refractivity contribution >= 4 is 30.6 Å². The van der Waals surface area contributed by atoms with Crippen LogP contribution in [-0.2, 0) is 16.0 Å². The summed E-state index contributed by atoms with van der Waals surface area (Å²) in [4.78, 5) is 23.5. The maximum absolute atomic E-state index is 12.0. The number of carbonyl (C=O) groups excluding carboxylic acids is 2. The van der Waals surface area contributed by atoms with Gasteiger partial charge in [-0.3, -0.25) is 4.79 Å². The zero-order chi connectivity index (χ0) is 16.3. The Balaban J connectivity index is 2.32. The van der Waals surface area contributed by atoms with Gasteiger partial charge in [-0.1, -0.05) is 24.6 Å². The van der Waals surface area contributed by atoms with E-state index >= 15 is 0 Å². The van der Waals surface area contributed by atoms with Crippen LogP contribution in [0.4, 0.5) is 0 Å². The quantitative estimate of drug-likeness (QED) is 0.645. The number of halogens is 1. The average Bonchev–Trinajstić information content (AvgIpc) is 2.48. The summed E-state index contributed by atoms with van der Waals surface area (Å²) in [7, 11) is -1.25. The summed E-state index contributed by atoms with van der Waals surface area (Å²) in [5.74, 6) is -1.15. The molecule has 0 aromatic heterocycles. The maximum Gasteiger partial charge on any atom is 0.547 e. The van der Waals surface area contributed by atoms with Crippen molar-refractivity contribution in [2.45, 2.75) is 32.6 Å². The third-order valence-corrected chi connectivity index (χ3v) is 3.67. The van der Waals surface area contributed by atoms with E-state index in [4.69, 9.17) is 21.0 Å². The molecule has 1 aromatic carbocycles. The molecule has 1 amide bonds. The first-order chi connectivity index (χ1) is 10.5. The summed E-state index contributed by atoms with van der Waals surface area (Å²) in [6.45, 7) is 3.61. The van der Waals surface area contributed by atoms with E-state index in [1.165, 1.54) is 0 Å². The number of rotatable bonds is 4. The summed E-state index contributed by atoms with van der Waals surface area (Å²) >= 11 is 6.05. The smallest absolute Gasteiger partial charge is 0.534 e. The second-order valence-corrected chi connectivity index (χ2v) is 5.28. The molecule has 1 heterocycles. The molecule has 2 N–H and O–H groups in total. The molecule has 0 bridgehead atoms. The van der Waals surface area contributed by atoms with Crippen LogP contribution in [0.1, 0.15) is 36.2 Å². The first-order valence-corrected chi connectivity index (χ1v) is 7.48. The van der Waals surface area contributed by atoms with E-state index in [9.17, 15) is 14.6 Å². The van der Waals surface area contributed by atoms with Crippen molar-refractivity contribution in [3.63, 3.8) is 0 Å². The molecule has 1 atom stereocenters. The highest BCUT2D eigenvalue weighted by molar-refractivity contribution is 6.47. The molecule has 8 heteroatoms. The Labute approximate surface area is 133 Å². The van der Waals surface area contributed by atoms with Gasteiger partial charge in [0.1, 0.15) is 11.3 Å². The largest absolute Gasteiger partial charge is 0.547 e. The van der Waals surface area contributed by atoms with Crippen molar-refractivity contribution in [1.82, 2.24) is 5.32 Å². The fraction of sp³-hybridized carbons (Fsp3) is 0.429. The normalized spacial score (nSPS) is 16.5. The maximum atomic E-state index is 12.0. The topological polar surface area (TPSA) is 84.9 Å². The van der Waals surface area contributed by atoms with E-state index in [0.29, 0.717) is 18.4 Å². The Kier molecular flexibility index (Phi) is 5.31. The number of hydrogen-bond acceptors (Lipinski definition) is 5. The van der Waals surface area contributed by atoms with Crippen LogP contribution < -0.4 is 9.97 Å². The lowest BCUT2D eigenvalue weighted by Gasteiger charge is -2.29. The highest BCUT2D eigenvalue weighted by Crippen LogP contribution is 2.35. The number of hydrogen-bond donors (Lipinski definition) is 2. The molecule has 0 aliphatic carbocycles. The van der Waals surface area contributed by atoms with Crippen molar-refractivity contribution in [3.05, 3.63) is 28.3 Å². The van der Waals surface area contributed by atoms with E-state index in [1.807, 2.05) is 0 Å². The molecule has 2 rings (SSSR count). The third kappa shape index (κ3) is 3.36. The van der Waals surface area contributed by atoms with Gasteiger partial charge < -0.3 is 19.7 Å². The molecule has 0 saturated heterocycles. The minimum Gasteiger partial charge on any atom is -0.534 e. The monoisotopic (exact) mass is 325 g/mol. The van der Waals surface area contributed by atoms with Gasteiger partial charge in [0.15, 0.2) is 0 Å². The van der Waals surface area contributed by atoms with Crippen LogP contribution >= 0.6 is 11.6 Å². The fourth-order valence-corrected chi connectivity index (χ4v) is 2.49. The average molecular weight is 326 g/mol. The summed E-state index contributed by atoms with van der Waals surface area (Å²) in [5.41, 5.74) is 0.777. The van der Waals surface area contributed by atoms with Crippen LogP contribution in [0.2, 0.25) is 5.02 Å². The van der Waals surface area contributed by atoms with Crippen LogP contribution in [0.15, 0.2) is 12.1 Å². The second-order valence-electron chi connectivity index (χ2n) is 4.87. The van der Waals surface area contributed by atoms with Gasteiger partial charge in [0.25, 0.3) is 0 Å². The highest BCUT2D eigenvalue weighted by Gasteiger charge is 2.38. The van der Waals surface area contributed by atoms with Crippen molar-refractivity contribution < 1.29 is 24.0 Å². The Morgan fingerprint density at radius 3 is 2.86 bits per heavy atom. The van der Waals surface area contributed by atoms with E-state index in [2.05, 4.69) is 5.32 Å². The number of amides is 1. The summed E-state index contributed by atoms with van der Waals surface area (Å²) in [6.07, 6.45) is 0.649. The molecule has 1 aliphatic rings. The molecular weight excluding hydrogens is 308 g/mol.